The van der Waals surface area contributed by atoms with Crippen molar-refractivity contribution in [3.63, 3.8) is 0 Å². The number of esters is 1. The van der Waals surface area contributed by atoms with Crippen LogP contribution in [-0.4, -0.2) is 56.9 Å². The van der Waals surface area contributed by atoms with E-state index in [1.807, 2.05) is 0 Å². The van der Waals surface area contributed by atoms with Gasteiger partial charge in [0.15, 0.2) is 23.7 Å². The molecule has 0 saturated heterocycles. The zero-order valence-electron chi connectivity index (χ0n) is 20.1. The van der Waals surface area contributed by atoms with Crippen LogP contribution in [0.5, 0.6) is 11.5 Å². The van der Waals surface area contributed by atoms with Gasteiger partial charge in [0.2, 0.25) is 0 Å². The summed E-state index contributed by atoms with van der Waals surface area (Å²) in [6.45, 7) is 10.5. The minimum Gasteiger partial charge on any atom is -0.493 e. The number of rotatable bonds is 16. The Morgan fingerprint density at radius 3 is 2.03 bits per heavy atom. The molecule has 0 fully saturated rings. The predicted octanol–water partition coefficient (Wildman–Crippen LogP) is 4.26. The lowest BCUT2D eigenvalue weighted by Gasteiger charge is -2.31. The van der Waals surface area contributed by atoms with Crippen LogP contribution in [0.1, 0.15) is 58.9 Å². The molecule has 0 saturated carbocycles. The number of carboxylic acids is 1. The van der Waals surface area contributed by atoms with E-state index in [4.69, 9.17) is 23.7 Å². The van der Waals surface area contributed by atoms with E-state index in [1.54, 1.807) is 46.1 Å². The highest BCUT2D eigenvalue weighted by molar-refractivity contribution is 5.95. The fourth-order valence-corrected chi connectivity index (χ4v) is 3.47. The van der Waals surface area contributed by atoms with Gasteiger partial charge in [0.1, 0.15) is 0 Å². The maximum Gasteiger partial charge on any atom is 0.321 e. The third kappa shape index (κ3) is 7.67. The normalized spacial score (nSPS) is 13.1. The van der Waals surface area contributed by atoms with Crippen LogP contribution in [0.4, 0.5) is 0 Å². The number of hydrogen-bond acceptors (Lipinski definition) is 7. The predicted molar refractivity (Wildman–Crippen MR) is 120 cm³/mol. The molecule has 0 aliphatic carbocycles. The fraction of sp³-hybridized carbons (Fsp3) is 0.667. The van der Waals surface area contributed by atoms with Crippen molar-refractivity contribution in [3.05, 3.63) is 23.8 Å². The topological polar surface area (TPSA) is 101 Å². The molecule has 0 aliphatic heterocycles. The van der Waals surface area contributed by atoms with Crippen LogP contribution >= 0.6 is 0 Å². The first-order valence-electron chi connectivity index (χ1n) is 11.3. The van der Waals surface area contributed by atoms with E-state index in [2.05, 4.69) is 13.8 Å². The van der Waals surface area contributed by atoms with Crippen molar-refractivity contribution in [1.82, 2.24) is 0 Å². The number of ether oxygens (including phenoxy) is 5. The number of carbonyl (C=O) groups excluding carboxylic acids is 1. The summed E-state index contributed by atoms with van der Waals surface area (Å²) in [6.07, 6.45) is 0.986. The molecule has 182 valence electrons. The van der Waals surface area contributed by atoms with Crippen molar-refractivity contribution >= 4 is 11.9 Å². The molecule has 8 heteroatoms. The van der Waals surface area contributed by atoms with Gasteiger partial charge in [0.25, 0.3) is 0 Å². The molecule has 1 N–H and O–H groups in total. The monoisotopic (exact) mass is 454 g/mol. The Balaban J connectivity index is 3.51. The van der Waals surface area contributed by atoms with E-state index in [0.717, 1.165) is 12.8 Å². The molecule has 1 aromatic carbocycles. The fourth-order valence-electron chi connectivity index (χ4n) is 3.47. The van der Waals surface area contributed by atoms with Crippen LogP contribution in [0.2, 0.25) is 0 Å². The average Bonchev–Trinajstić information content (AvgIpc) is 2.77. The molecule has 0 spiro atoms. The van der Waals surface area contributed by atoms with E-state index in [-0.39, 0.29) is 19.8 Å². The van der Waals surface area contributed by atoms with Crippen LogP contribution in [0.25, 0.3) is 0 Å². The first-order chi connectivity index (χ1) is 15.4. The van der Waals surface area contributed by atoms with E-state index in [0.29, 0.717) is 29.6 Å². The van der Waals surface area contributed by atoms with Crippen LogP contribution in [-0.2, 0) is 23.8 Å². The molecule has 8 nitrogen and oxygen atoms in total. The van der Waals surface area contributed by atoms with Crippen molar-refractivity contribution in [3.8, 4) is 11.5 Å². The first kappa shape index (κ1) is 27.7. The molecule has 0 aliphatic rings. The highest BCUT2D eigenvalue weighted by Gasteiger charge is 2.43. The summed E-state index contributed by atoms with van der Waals surface area (Å²) in [4.78, 5) is 24.8. The lowest BCUT2D eigenvalue weighted by molar-refractivity contribution is -0.181. The minimum absolute atomic E-state index is 0.0651. The SMILES string of the molecule is CCOC(=O)C(C(=O)O)C(c1ccc(OC)c(OCC(CC)CC)c1)C(OCC)OCC. The highest BCUT2D eigenvalue weighted by Crippen LogP contribution is 2.38. The van der Waals surface area contributed by atoms with Gasteiger partial charge >= 0.3 is 11.9 Å². The zero-order valence-corrected chi connectivity index (χ0v) is 20.1. The third-order valence-electron chi connectivity index (χ3n) is 5.32. The summed E-state index contributed by atoms with van der Waals surface area (Å²) < 4.78 is 28.0. The van der Waals surface area contributed by atoms with Crippen LogP contribution in [0.3, 0.4) is 0 Å². The van der Waals surface area contributed by atoms with Crippen molar-refractivity contribution < 1.29 is 38.4 Å². The zero-order chi connectivity index (χ0) is 24.1. The summed E-state index contributed by atoms with van der Waals surface area (Å²) in [7, 11) is 1.54. The van der Waals surface area contributed by atoms with E-state index in [9.17, 15) is 14.7 Å². The average molecular weight is 455 g/mol. The van der Waals surface area contributed by atoms with Gasteiger partial charge < -0.3 is 28.8 Å². The first-order valence-corrected chi connectivity index (χ1v) is 11.3. The van der Waals surface area contributed by atoms with Gasteiger partial charge in [-0.25, -0.2) is 0 Å². The highest BCUT2D eigenvalue weighted by atomic mass is 16.7. The molecule has 1 rings (SSSR count). The quantitative estimate of drug-likeness (QED) is 0.225. The van der Waals surface area contributed by atoms with Gasteiger partial charge in [-0.3, -0.25) is 9.59 Å². The Kier molecular flexibility index (Phi) is 12.7. The minimum atomic E-state index is -1.52. The van der Waals surface area contributed by atoms with Crippen molar-refractivity contribution in [2.24, 2.45) is 11.8 Å². The maximum absolute atomic E-state index is 12.6. The van der Waals surface area contributed by atoms with Gasteiger partial charge in [-0.15, -0.1) is 0 Å². The second-order valence-corrected chi connectivity index (χ2v) is 7.28. The summed E-state index contributed by atoms with van der Waals surface area (Å²) >= 11 is 0. The van der Waals surface area contributed by atoms with Gasteiger partial charge in [-0.1, -0.05) is 32.8 Å². The number of methoxy groups -OCH3 is 1. The van der Waals surface area contributed by atoms with E-state index >= 15 is 0 Å². The van der Waals surface area contributed by atoms with Gasteiger partial charge in [-0.05, 0) is 44.4 Å². The Morgan fingerprint density at radius 2 is 1.56 bits per heavy atom. The van der Waals surface area contributed by atoms with Crippen LogP contribution < -0.4 is 9.47 Å². The molecule has 0 radical (unpaired) electrons. The molecule has 0 bridgehead atoms. The number of carboxylic acid groups (broad SMARTS) is 1. The number of hydrogen-bond donors (Lipinski definition) is 1. The smallest absolute Gasteiger partial charge is 0.321 e. The third-order valence-corrected chi connectivity index (χ3v) is 5.32. The van der Waals surface area contributed by atoms with Crippen molar-refractivity contribution in [2.45, 2.75) is 59.7 Å². The molecule has 0 aromatic heterocycles. The lowest BCUT2D eigenvalue weighted by Crippen LogP contribution is -2.40. The molecule has 1 aromatic rings. The summed E-state index contributed by atoms with van der Waals surface area (Å²) in [5, 5.41) is 9.93. The Morgan fingerprint density at radius 1 is 0.938 bits per heavy atom. The van der Waals surface area contributed by atoms with E-state index < -0.39 is 30.1 Å². The second-order valence-electron chi connectivity index (χ2n) is 7.28. The van der Waals surface area contributed by atoms with Gasteiger partial charge in [-0.2, -0.15) is 0 Å². The van der Waals surface area contributed by atoms with Gasteiger partial charge in [0, 0.05) is 13.2 Å². The number of carbonyl (C=O) groups is 2. The van der Waals surface area contributed by atoms with Crippen molar-refractivity contribution in [2.75, 3.05) is 33.5 Å². The second kappa shape index (κ2) is 14.7. The standard InChI is InChI=1S/C24H38O8/c1-7-16(8-2)15-32-19-14-17(12-13-18(19)28-6)20(24(30-10-4)31-11-5)21(22(25)26)23(27)29-9-3/h12-14,16,20-21,24H,7-11,15H2,1-6H3,(H,25,26). The summed E-state index contributed by atoms with van der Waals surface area (Å²) in [5.41, 5.74) is 0.526. The molecule has 0 amide bonds. The molecular weight excluding hydrogens is 416 g/mol. The Hall–Kier alpha value is -2.32. The lowest BCUT2D eigenvalue weighted by atomic mass is 9.84. The largest absolute Gasteiger partial charge is 0.493 e. The Labute approximate surface area is 191 Å². The van der Waals surface area contributed by atoms with E-state index in [1.165, 1.54) is 0 Å². The summed E-state index contributed by atoms with van der Waals surface area (Å²) in [5.74, 6) is -3.25. The molecule has 2 unspecified atom stereocenters. The molecule has 0 heterocycles. The van der Waals surface area contributed by atoms with Crippen LogP contribution in [0, 0.1) is 11.8 Å². The van der Waals surface area contributed by atoms with Gasteiger partial charge in [0.05, 0.1) is 26.2 Å². The maximum atomic E-state index is 12.6. The number of aliphatic carboxylic acids is 1. The molecule has 2 atom stereocenters. The van der Waals surface area contributed by atoms with Crippen molar-refractivity contribution in [1.29, 1.82) is 0 Å². The molecular formula is C24H38O8. The Bertz CT molecular complexity index is 695. The summed E-state index contributed by atoms with van der Waals surface area (Å²) in [6, 6.07) is 5.10. The molecule has 32 heavy (non-hydrogen) atoms. The number of benzene rings is 1. The van der Waals surface area contributed by atoms with Crippen LogP contribution in [0.15, 0.2) is 18.2 Å².